The molecule has 2 N–H and O–H groups in total. The molecule has 1 aliphatic heterocycles. The molecule has 2 heterocycles. The van der Waals surface area contributed by atoms with Crippen molar-refractivity contribution < 1.29 is 18.0 Å². The lowest BCUT2D eigenvalue weighted by Crippen LogP contribution is -2.35. The fourth-order valence-corrected chi connectivity index (χ4v) is 1.89. The van der Waals surface area contributed by atoms with E-state index in [0.717, 1.165) is 12.7 Å². The van der Waals surface area contributed by atoms with E-state index in [1.807, 2.05) is 6.92 Å². The standard InChI is InChI=1S/C11H13F3N4O/c1-6-4-7(16-5-6)9(19)17-8-2-3-15-10(18-8)11(12,13)14/h2-3,6-7,16H,4-5H2,1H3,(H,15,17,18,19)/t6?,7-/m0/s1. The van der Waals surface area contributed by atoms with Crippen molar-refractivity contribution in [2.24, 2.45) is 5.92 Å². The number of rotatable bonds is 2. The lowest BCUT2D eigenvalue weighted by atomic mass is 10.1. The monoisotopic (exact) mass is 274 g/mol. The summed E-state index contributed by atoms with van der Waals surface area (Å²) in [6.07, 6.45) is -3.00. The number of anilines is 1. The highest BCUT2D eigenvalue weighted by Gasteiger charge is 2.35. The van der Waals surface area contributed by atoms with E-state index in [2.05, 4.69) is 20.6 Å². The SMILES string of the molecule is CC1CN[C@H](C(=O)Nc2ccnc(C(F)(F)F)n2)C1. The quantitative estimate of drug-likeness (QED) is 0.856. The second kappa shape index (κ2) is 5.12. The molecule has 1 unspecified atom stereocenters. The van der Waals surface area contributed by atoms with E-state index >= 15 is 0 Å². The Hall–Kier alpha value is -1.70. The first-order chi connectivity index (χ1) is 8.86. The van der Waals surface area contributed by atoms with Crippen LogP contribution < -0.4 is 10.6 Å². The van der Waals surface area contributed by atoms with Crippen molar-refractivity contribution in [3.05, 3.63) is 18.1 Å². The van der Waals surface area contributed by atoms with Crippen LogP contribution in [0.1, 0.15) is 19.2 Å². The molecule has 0 radical (unpaired) electrons. The number of halogens is 3. The maximum Gasteiger partial charge on any atom is 0.451 e. The van der Waals surface area contributed by atoms with Crippen molar-refractivity contribution in [1.29, 1.82) is 0 Å². The van der Waals surface area contributed by atoms with Crippen molar-refractivity contribution in [1.82, 2.24) is 15.3 Å². The van der Waals surface area contributed by atoms with Crippen LogP contribution in [0, 0.1) is 5.92 Å². The maximum atomic E-state index is 12.4. The van der Waals surface area contributed by atoms with Gasteiger partial charge >= 0.3 is 6.18 Å². The molecule has 0 saturated carbocycles. The van der Waals surface area contributed by atoms with Crippen molar-refractivity contribution in [2.75, 3.05) is 11.9 Å². The number of hydrogen-bond acceptors (Lipinski definition) is 4. The Labute approximate surface area is 107 Å². The molecule has 0 aliphatic carbocycles. The molecule has 19 heavy (non-hydrogen) atoms. The molecule has 1 aliphatic rings. The number of nitrogens with zero attached hydrogens (tertiary/aromatic N) is 2. The summed E-state index contributed by atoms with van der Waals surface area (Å²) in [5.41, 5.74) is 0. The highest BCUT2D eigenvalue weighted by molar-refractivity contribution is 5.94. The Bertz CT molecular complexity index is 477. The number of alkyl halides is 3. The van der Waals surface area contributed by atoms with Crippen LogP contribution in [0.2, 0.25) is 0 Å². The average molecular weight is 274 g/mol. The van der Waals surface area contributed by atoms with Crippen molar-refractivity contribution in [3.8, 4) is 0 Å². The highest BCUT2D eigenvalue weighted by atomic mass is 19.4. The molecule has 2 rings (SSSR count). The third-order valence-electron chi connectivity index (χ3n) is 2.83. The molecule has 1 aromatic heterocycles. The zero-order valence-electron chi connectivity index (χ0n) is 10.2. The molecule has 5 nitrogen and oxygen atoms in total. The smallest absolute Gasteiger partial charge is 0.309 e. The first-order valence-electron chi connectivity index (χ1n) is 5.81. The Kier molecular flexibility index (Phi) is 3.70. The second-order valence-electron chi connectivity index (χ2n) is 4.55. The second-order valence-corrected chi connectivity index (χ2v) is 4.55. The average Bonchev–Trinajstić information content (AvgIpc) is 2.75. The van der Waals surface area contributed by atoms with Crippen LogP contribution in [0.15, 0.2) is 12.3 Å². The minimum absolute atomic E-state index is 0.145. The van der Waals surface area contributed by atoms with Crippen molar-refractivity contribution in [2.45, 2.75) is 25.6 Å². The Morgan fingerprint density at radius 1 is 1.53 bits per heavy atom. The minimum Gasteiger partial charge on any atom is -0.309 e. The predicted octanol–water partition coefficient (Wildman–Crippen LogP) is 1.43. The summed E-state index contributed by atoms with van der Waals surface area (Å²) in [6.45, 7) is 2.71. The third kappa shape index (κ3) is 3.40. The van der Waals surface area contributed by atoms with E-state index in [4.69, 9.17) is 0 Å². The van der Waals surface area contributed by atoms with Gasteiger partial charge in [-0.3, -0.25) is 4.79 Å². The largest absolute Gasteiger partial charge is 0.451 e. The van der Waals surface area contributed by atoms with Crippen molar-refractivity contribution >= 4 is 11.7 Å². The van der Waals surface area contributed by atoms with Crippen LogP contribution >= 0.6 is 0 Å². The normalized spacial score (nSPS) is 23.4. The van der Waals surface area contributed by atoms with E-state index in [1.54, 1.807) is 0 Å². The van der Waals surface area contributed by atoms with Crippen LogP contribution in [0.25, 0.3) is 0 Å². The Morgan fingerprint density at radius 2 is 2.26 bits per heavy atom. The van der Waals surface area contributed by atoms with Gasteiger partial charge in [-0.25, -0.2) is 9.97 Å². The van der Waals surface area contributed by atoms with Gasteiger partial charge in [-0.05, 0) is 24.9 Å². The van der Waals surface area contributed by atoms with Crippen LogP contribution in [-0.2, 0) is 11.0 Å². The molecular formula is C11H13F3N4O. The number of carbonyl (C=O) groups excluding carboxylic acids is 1. The first-order valence-corrected chi connectivity index (χ1v) is 5.81. The van der Waals surface area contributed by atoms with Gasteiger partial charge in [-0.1, -0.05) is 6.92 Å². The lowest BCUT2D eigenvalue weighted by molar-refractivity contribution is -0.145. The summed E-state index contributed by atoms with van der Waals surface area (Å²) in [5, 5.41) is 5.36. The fraction of sp³-hybridized carbons (Fsp3) is 0.545. The fourth-order valence-electron chi connectivity index (χ4n) is 1.89. The number of amides is 1. The van der Waals surface area contributed by atoms with Crippen LogP contribution in [0.3, 0.4) is 0 Å². The first kappa shape index (κ1) is 13.7. The topological polar surface area (TPSA) is 66.9 Å². The third-order valence-corrected chi connectivity index (χ3v) is 2.83. The highest BCUT2D eigenvalue weighted by Crippen LogP contribution is 2.26. The minimum atomic E-state index is -4.62. The van der Waals surface area contributed by atoms with Gasteiger partial charge in [-0.2, -0.15) is 13.2 Å². The molecule has 0 bridgehead atoms. The molecule has 104 valence electrons. The van der Waals surface area contributed by atoms with E-state index in [-0.39, 0.29) is 17.8 Å². The lowest BCUT2D eigenvalue weighted by Gasteiger charge is -2.11. The van der Waals surface area contributed by atoms with E-state index in [9.17, 15) is 18.0 Å². The van der Waals surface area contributed by atoms with Gasteiger partial charge in [0.05, 0.1) is 6.04 Å². The van der Waals surface area contributed by atoms with Gasteiger partial charge in [0.15, 0.2) is 0 Å². The van der Waals surface area contributed by atoms with Gasteiger partial charge in [0.25, 0.3) is 0 Å². The van der Waals surface area contributed by atoms with Crippen LogP contribution in [0.5, 0.6) is 0 Å². The van der Waals surface area contributed by atoms with Gasteiger partial charge in [-0.15, -0.1) is 0 Å². The van der Waals surface area contributed by atoms with Gasteiger partial charge in [0.1, 0.15) is 5.82 Å². The van der Waals surface area contributed by atoms with Gasteiger partial charge in [0.2, 0.25) is 11.7 Å². The predicted molar refractivity (Wildman–Crippen MR) is 61.2 cm³/mol. The molecular weight excluding hydrogens is 261 g/mol. The zero-order chi connectivity index (χ0) is 14.0. The van der Waals surface area contributed by atoms with E-state index in [0.29, 0.717) is 12.3 Å². The molecule has 2 atom stereocenters. The van der Waals surface area contributed by atoms with Gasteiger partial charge < -0.3 is 10.6 Å². The molecule has 1 amide bonds. The molecule has 0 aromatic carbocycles. The number of nitrogens with one attached hydrogen (secondary N) is 2. The molecule has 1 saturated heterocycles. The summed E-state index contributed by atoms with van der Waals surface area (Å²) >= 11 is 0. The van der Waals surface area contributed by atoms with Gasteiger partial charge in [0, 0.05) is 6.20 Å². The molecule has 8 heteroatoms. The van der Waals surface area contributed by atoms with E-state index < -0.39 is 12.0 Å². The summed E-state index contributed by atoms with van der Waals surface area (Å²) in [6, 6.07) is 0.838. The Balaban J connectivity index is 2.05. The molecule has 1 fully saturated rings. The molecule has 0 spiro atoms. The van der Waals surface area contributed by atoms with E-state index in [1.165, 1.54) is 6.07 Å². The zero-order valence-corrected chi connectivity index (χ0v) is 10.2. The van der Waals surface area contributed by atoms with Crippen LogP contribution in [-0.4, -0.2) is 28.5 Å². The number of aromatic nitrogens is 2. The Morgan fingerprint density at radius 3 is 2.84 bits per heavy atom. The summed E-state index contributed by atoms with van der Waals surface area (Å²) in [5.74, 6) is -1.42. The van der Waals surface area contributed by atoms with Crippen molar-refractivity contribution in [3.63, 3.8) is 0 Å². The maximum absolute atomic E-state index is 12.4. The summed E-state index contributed by atoms with van der Waals surface area (Å²) in [7, 11) is 0. The number of carbonyl (C=O) groups is 1. The molecule has 1 aromatic rings. The number of hydrogen-bond donors (Lipinski definition) is 2. The summed E-state index contributed by atoms with van der Waals surface area (Å²) < 4.78 is 37.2. The van der Waals surface area contributed by atoms with Crippen LogP contribution in [0.4, 0.5) is 19.0 Å². The summed E-state index contributed by atoms with van der Waals surface area (Å²) in [4.78, 5) is 18.2.